The monoisotopic (exact) mass is 565 g/mol. The van der Waals surface area contributed by atoms with Crippen molar-refractivity contribution in [1.29, 1.82) is 0 Å². The summed E-state index contributed by atoms with van der Waals surface area (Å²) in [7, 11) is 1.85. The molecule has 9 heteroatoms. The van der Waals surface area contributed by atoms with Gasteiger partial charge in [0, 0.05) is 51.7 Å². The van der Waals surface area contributed by atoms with Gasteiger partial charge < -0.3 is 25.0 Å². The number of ether oxygens (including phenoxy) is 2. The highest BCUT2D eigenvalue weighted by Gasteiger charge is 2.35. The van der Waals surface area contributed by atoms with Crippen molar-refractivity contribution in [2.75, 3.05) is 59.5 Å². The fourth-order valence-corrected chi connectivity index (χ4v) is 5.07. The molecule has 186 valence electrons. The number of alkyl carbamates (subject to hydrolysis) is 1. The van der Waals surface area contributed by atoms with Gasteiger partial charge in [0.2, 0.25) is 0 Å². The number of carbonyl (C=O) groups is 1. The molecule has 1 saturated carbocycles. The Kier molecular flexibility index (Phi) is 10.8. The van der Waals surface area contributed by atoms with Crippen LogP contribution in [0.1, 0.15) is 59.3 Å². The lowest BCUT2D eigenvalue weighted by Crippen LogP contribution is -2.51. The Morgan fingerprint density at radius 2 is 1.84 bits per heavy atom. The summed E-state index contributed by atoms with van der Waals surface area (Å²) in [5.41, 5.74) is -0.172. The summed E-state index contributed by atoms with van der Waals surface area (Å²) >= 11 is 0. The highest BCUT2D eigenvalue weighted by molar-refractivity contribution is 14.0. The fourth-order valence-electron chi connectivity index (χ4n) is 5.07. The van der Waals surface area contributed by atoms with Gasteiger partial charge in [-0.05, 0) is 40.0 Å². The average Bonchev–Trinajstić information content (AvgIpc) is 3.16. The Labute approximate surface area is 211 Å². The Hall–Kier alpha value is -0.810. The number of hydrogen-bond acceptors (Lipinski definition) is 5. The van der Waals surface area contributed by atoms with Crippen molar-refractivity contribution in [3.63, 3.8) is 0 Å². The van der Waals surface area contributed by atoms with E-state index in [2.05, 4.69) is 25.4 Å². The molecule has 3 rings (SSSR count). The SMILES string of the molecule is CN=C(NCC1(CN2CCOCC2)CCCCC1)N1CC[C@@H](NC(=O)OC(C)(C)C)C1.I. The molecule has 2 aliphatic heterocycles. The number of nitrogens with zero attached hydrogens (tertiary/aromatic N) is 3. The molecule has 8 nitrogen and oxygen atoms in total. The van der Waals surface area contributed by atoms with Crippen molar-refractivity contribution in [3.05, 3.63) is 0 Å². The van der Waals surface area contributed by atoms with Gasteiger partial charge in [-0.15, -0.1) is 24.0 Å². The topological polar surface area (TPSA) is 78.4 Å². The van der Waals surface area contributed by atoms with Gasteiger partial charge in [-0.1, -0.05) is 19.3 Å². The van der Waals surface area contributed by atoms with Crippen LogP contribution in [0.5, 0.6) is 0 Å². The summed E-state index contributed by atoms with van der Waals surface area (Å²) in [4.78, 5) is 21.5. The lowest BCUT2D eigenvalue weighted by atomic mass is 9.73. The highest BCUT2D eigenvalue weighted by Crippen LogP contribution is 2.37. The number of halogens is 1. The van der Waals surface area contributed by atoms with Crippen molar-refractivity contribution < 1.29 is 14.3 Å². The molecule has 0 radical (unpaired) electrons. The first-order valence-corrected chi connectivity index (χ1v) is 12.0. The van der Waals surface area contributed by atoms with E-state index in [9.17, 15) is 4.79 Å². The third-order valence-electron chi connectivity index (χ3n) is 6.62. The van der Waals surface area contributed by atoms with E-state index in [1.807, 2.05) is 27.8 Å². The van der Waals surface area contributed by atoms with Crippen LogP contribution in [0.4, 0.5) is 4.79 Å². The molecule has 0 aromatic heterocycles. The van der Waals surface area contributed by atoms with Crippen molar-refractivity contribution in [2.24, 2.45) is 10.4 Å². The van der Waals surface area contributed by atoms with E-state index in [-0.39, 0.29) is 36.1 Å². The summed E-state index contributed by atoms with van der Waals surface area (Å²) < 4.78 is 11.0. The summed E-state index contributed by atoms with van der Waals surface area (Å²) in [6.07, 6.45) is 7.09. The van der Waals surface area contributed by atoms with Crippen LogP contribution in [0.3, 0.4) is 0 Å². The lowest BCUT2D eigenvalue weighted by Gasteiger charge is -2.43. The summed E-state index contributed by atoms with van der Waals surface area (Å²) in [6, 6.07) is 0.0883. The van der Waals surface area contributed by atoms with Gasteiger partial charge in [-0.2, -0.15) is 0 Å². The van der Waals surface area contributed by atoms with Crippen LogP contribution in [0, 0.1) is 5.41 Å². The Morgan fingerprint density at radius 1 is 1.16 bits per heavy atom. The predicted molar refractivity (Wildman–Crippen MR) is 139 cm³/mol. The number of nitrogens with one attached hydrogen (secondary N) is 2. The first-order chi connectivity index (χ1) is 14.8. The zero-order valence-corrected chi connectivity index (χ0v) is 22.8. The zero-order valence-electron chi connectivity index (χ0n) is 20.5. The molecule has 3 fully saturated rings. The normalized spacial score (nSPS) is 24.6. The van der Waals surface area contributed by atoms with E-state index < -0.39 is 5.60 Å². The lowest BCUT2D eigenvalue weighted by molar-refractivity contribution is 0.00810. The molecular weight excluding hydrogens is 521 g/mol. The first kappa shape index (κ1) is 27.4. The maximum atomic E-state index is 12.1. The van der Waals surface area contributed by atoms with Crippen LogP contribution in [-0.2, 0) is 9.47 Å². The number of aliphatic imine (C=N–C) groups is 1. The van der Waals surface area contributed by atoms with Crippen LogP contribution >= 0.6 is 24.0 Å². The average molecular weight is 566 g/mol. The second-order valence-electron chi connectivity index (χ2n) is 10.4. The van der Waals surface area contributed by atoms with Crippen molar-refractivity contribution in [3.8, 4) is 0 Å². The van der Waals surface area contributed by atoms with E-state index in [1.54, 1.807) is 0 Å². The summed E-state index contributed by atoms with van der Waals surface area (Å²) in [5.74, 6) is 0.945. The van der Waals surface area contributed by atoms with E-state index in [4.69, 9.17) is 9.47 Å². The molecule has 1 atom stereocenters. The zero-order chi connectivity index (χ0) is 22.3. The van der Waals surface area contributed by atoms with Crippen LogP contribution in [0.2, 0.25) is 0 Å². The maximum Gasteiger partial charge on any atom is 0.407 e. The predicted octanol–water partition coefficient (Wildman–Crippen LogP) is 3.06. The van der Waals surface area contributed by atoms with Gasteiger partial charge in [0.1, 0.15) is 5.60 Å². The Bertz CT molecular complexity index is 613. The minimum Gasteiger partial charge on any atom is -0.444 e. The van der Waals surface area contributed by atoms with Gasteiger partial charge >= 0.3 is 6.09 Å². The molecular formula is C23H44IN5O3. The number of hydrogen-bond donors (Lipinski definition) is 2. The standard InChI is InChI=1S/C23H43N5O3.HI/c1-22(2,3)31-21(29)26-19-8-11-28(16-19)20(24-4)25-17-23(9-6-5-7-10-23)18-27-12-14-30-15-13-27;/h19H,5-18H2,1-4H3,(H,24,25)(H,26,29);1H/t19-;/m1./s1. The number of guanidine groups is 1. The molecule has 0 aromatic rings. The third-order valence-corrected chi connectivity index (χ3v) is 6.62. The molecule has 2 saturated heterocycles. The number of likely N-dealkylation sites (tertiary alicyclic amines) is 1. The van der Waals surface area contributed by atoms with E-state index in [1.165, 1.54) is 32.1 Å². The molecule has 0 spiro atoms. The van der Waals surface area contributed by atoms with Gasteiger partial charge in [0.15, 0.2) is 5.96 Å². The van der Waals surface area contributed by atoms with E-state index in [0.717, 1.165) is 64.9 Å². The Morgan fingerprint density at radius 3 is 2.47 bits per heavy atom. The van der Waals surface area contributed by atoms with Crippen molar-refractivity contribution in [2.45, 2.75) is 70.9 Å². The highest BCUT2D eigenvalue weighted by atomic mass is 127. The number of carbonyl (C=O) groups excluding carboxylic acids is 1. The van der Waals surface area contributed by atoms with Crippen LogP contribution in [-0.4, -0.2) is 93.0 Å². The molecule has 0 aromatic carbocycles. The number of morpholine rings is 1. The Balaban J connectivity index is 0.00000363. The fraction of sp³-hybridized carbons (Fsp3) is 0.913. The van der Waals surface area contributed by atoms with Crippen LogP contribution in [0.15, 0.2) is 4.99 Å². The minimum absolute atomic E-state index is 0. The molecule has 32 heavy (non-hydrogen) atoms. The molecule has 2 N–H and O–H groups in total. The van der Waals surface area contributed by atoms with Crippen LogP contribution in [0.25, 0.3) is 0 Å². The molecule has 0 unspecified atom stereocenters. The minimum atomic E-state index is -0.477. The van der Waals surface area contributed by atoms with Gasteiger partial charge in [-0.3, -0.25) is 9.89 Å². The molecule has 1 aliphatic carbocycles. The smallest absolute Gasteiger partial charge is 0.407 e. The van der Waals surface area contributed by atoms with E-state index in [0.29, 0.717) is 5.41 Å². The second-order valence-corrected chi connectivity index (χ2v) is 10.4. The molecule has 2 heterocycles. The quantitative estimate of drug-likeness (QED) is 0.303. The maximum absolute atomic E-state index is 12.1. The van der Waals surface area contributed by atoms with Crippen molar-refractivity contribution in [1.82, 2.24) is 20.4 Å². The first-order valence-electron chi connectivity index (χ1n) is 12.0. The molecule has 3 aliphatic rings. The molecule has 0 bridgehead atoms. The number of amides is 1. The summed E-state index contributed by atoms with van der Waals surface area (Å²) in [5, 5.41) is 6.71. The van der Waals surface area contributed by atoms with Gasteiger partial charge in [-0.25, -0.2) is 4.79 Å². The van der Waals surface area contributed by atoms with Crippen molar-refractivity contribution >= 4 is 36.0 Å². The van der Waals surface area contributed by atoms with Crippen LogP contribution < -0.4 is 10.6 Å². The number of rotatable bonds is 5. The summed E-state index contributed by atoms with van der Waals surface area (Å²) in [6.45, 7) is 13.2. The largest absolute Gasteiger partial charge is 0.444 e. The third kappa shape index (κ3) is 8.52. The van der Waals surface area contributed by atoms with Gasteiger partial charge in [0.05, 0.1) is 19.3 Å². The van der Waals surface area contributed by atoms with Gasteiger partial charge in [0.25, 0.3) is 0 Å². The molecule has 1 amide bonds. The van der Waals surface area contributed by atoms with E-state index >= 15 is 0 Å². The second kappa shape index (κ2) is 12.6.